The van der Waals surface area contributed by atoms with E-state index in [0.29, 0.717) is 49.3 Å². The quantitative estimate of drug-likeness (QED) is 0.173. The third kappa shape index (κ3) is 6.17. The molecule has 0 spiro atoms. The summed E-state index contributed by atoms with van der Waals surface area (Å²) >= 11 is 0. The predicted octanol–water partition coefficient (Wildman–Crippen LogP) is 0.235. The third-order valence-corrected chi connectivity index (χ3v) is 13.8. The van der Waals surface area contributed by atoms with Gasteiger partial charge in [0.2, 0.25) is 0 Å². The van der Waals surface area contributed by atoms with E-state index < -0.39 is 0 Å². The van der Waals surface area contributed by atoms with E-state index >= 15 is 0 Å². The minimum Gasteiger partial charge on any atom is -0.286 e. The monoisotopic (exact) mass is 675 g/mol. The molecule has 8 bridgehead atoms. The van der Waals surface area contributed by atoms with Gasteiger partial charge in [-0.2, -0.15) is 0 Å². The Morgan fingerprint density at radius 1 is 0.233 bits per heavy atom. The summed E-state index contributed by atoms with van der Waals surface area (Å²) in [6, 6.07) is 0. The first-order valence-corrected chi connectivity index (χ1v) is 17.9. The van der Waals surface area contributed by atoms with Crippen LogP contribution in [0.3, 0.4) is 0 Å². The summed E-state index contributed by atoms with van der Waals surface area (Å²) in [5.41, 5.74) is 0. The van der Waals surface area contributed by atoms with Crippen molar-refractivity contribution < 1.29 is 17.1 Å². The van der Waals surface area contributed by atoms with Crippen LogP contribution in [0.25, 0.3) is 0 Å². The van der Waals surface area contributed by atoms with Crippen molar-refractivity contribution in [3.05, 3.63) is 0 Å². The summed E-state index contributed by atoms with van der Waals surface area (Å²) in [7, 11) is 0. The van der Waals surface area contributed by atoms with Crippen LogP contribution < -0.4 is 42.5 Å². The maximum atomic E-state index is 4.26. The molecule has 5 aliphatic heterocycles. The van der Waals surface area contributed by atoms with Gasteiger partial charge in [0, 0.05) is 17.1 Å². The predicted molar refractivity (Wildman–Crippen MR) is 177 cm³/mol. The van der Waals surface area contributed by atoms with E-state index in [-0.39, 0.29) is 51.8 Å². The van der Waals surface area contributed by atoms with Crippen molar-refractivity contribution in [1.29, 1.82) is 0 Å². The normalized spacial score (nSPS) is 53.6. The van der Waals surface area contributed by atoms with Crippen LogP contribution in [-0.4, -0.2) is 84.0 Å². The zero-order valence-corrected chi connectivity index (χ0v) is 25.8. The van der Waals surface area contributed by atoms with Crippen LogP contribution in [0.1, 0.15) is 103 Å². The Balaban J connectivity index is 0.00000110. The molecule has 4 aliphatic carbocycles. The summed E-state index contributed by atoms with van der Waals surface area (Å²) in [5.74, 6) is 5.97. The van der Waals surface area contributed by atoms with Gasteiger partial charge in [0.05, 0.1) is 49.3 Å². The van der Waals surface area contributed by atoms with E-state index in [2.05, 4.69) is 42.5 Å². The Bertz CT molecular complexity index is 728. The maximum Gasteiger partial charge on any atom is 0.187 e. The van der Waals surface area contributed by atoms with Crippen LogP contribution in [0.2, 0.25) is 0 Å². The Hall–Kier alpha value is 1.26. The Morgan fingerprint density at radius 2 is 0.349 bits per heavy atom. The van der Waals surface area contributed by atoms with Crippen LogP contribution >= 0.6 is 0 Å². The fraction of sp³-hybridized carbons (Fsp3) is 1.00. The molecule has 8 nitrogen and oxygen atoms in total. The number of hydrogen-bond acceptors (Lipinski definition) is 8. The molecule has 247 valence electrons. The molecule has 8 atom stereocenters. The fourth-order valence-corrected chi connectivity index (χ4v) is 12.0. The van der Waals surface area contributed by atoms with E-state index in [4.69, 9.17) is 0 Å². The largest absolute Gasteiger partial charge is 0.286 e. The maximum absolute atomic E-state index is 4.26. The van der Waals surface area contributed by atoms with Gasteiger partial charge >= 0.3 is 0 Å². The average molecular weight is 676 g/mol. The molecular weight excluding hydrogens is 614 g/mol. The Morgan fingerprint density at radius 3 is 0.465 bits per heavy atom. The van der Waals surface area contributed by atoms with Gasteiger partial charge in [0.1, 0.15) is 0 Å². The molecular formula is C32H62Al2CuN8. The second kappa shape index (κ2) is 14.4. The Labute approximate surface area is 292 Å². The van der Waals surface area contributed by atoms with E-state index in [1.807, 2.05) is 0 Å². The number of hydrogen-bond donors (Lipinski definition) is 8. The summed E-state index contributed by atoms with van der Waals surface area (Å²) in [6.45, 7) is 0. The first kappa shape index (κ1) is 34.1. The summed E-state index contributed by atoms with van der Waals surface area (Å²) in [6.07, 6.45) is 25.6. The van der Waals surface area contributed by atoms with E-state index in [9.17, 15) is 0 Å². The van der Waals surface area contributed by atoms with E-state index in [0.717, 1.165) is 47.3 Å². The van der Waals surface area contributed by atoms with Gasteiger partial charge in [-0.15, -0.1) is 0 Å². The molecule has 0 aromatic carbocycles. The molecule has 9 aliphatic rings. The zero-order chi connectivity index (χ0) is 26.2. The van der Waals surface area contributed by atoms with Crippen molar-refractivity contribution in [3.8, 4) is 0 Å². The van der Waals surface area contributed by atoms with Gasteiger partial charge in [0.15, 0.2) is 34.7 Å². The third-order valence-electron chi connectivity index (χ3n) is 13.8. The van der Waals surface area contributed by atoms with Gasteiger partial charge in [-0.3, -0.25) is 42.5 Å². The summed E-state index contributed by atoms with van der Waals surface area (Å²) in [4.78, 5) is 0. The minimum atomic E-state index is 0. The molecule has 8 unspecified atom stereocenters. The van der Waals surface area contributed by atoms with Crippen LogP contribution in [0, 0.1) is 47.3 Å². The second-order valence-electron chi connectivity index (χ2n) is 15.6. The van der Waals surface area contributed by atoms with Crippen LogP contribution in [0.4, 0.5) is 0 Å². The van der Waals surface area contributed by atoms with Crippen molar-refractivity contribution >= 4 is 34.7 Å². The van der Waals surface area contributed by atoms with E-state index in [1.54, 1.807) is 0 Å². The first-order chi connectivity index (χ1) is 19.8. The van der Waals surface area contributed by atoms with E-state index in [1.165, 1.54) is 103 Å². The van der Waals surface area contributed by atoms with Crippen LogP contribution in [0.5, 0.6) is 0 Å². The molecule has 9 rings (SSSR count). The smallest absolute Gasteiger partial charge is 0.187 e. The number of rotatable bonds is 0. The summed E-state index contributed by atoms with van der Waals surface area (Å²) in [5, 5.41) is 33.8. The fourth-order valence-electron chi connectivity index (χ4n) is 12.0. The SMILES string of the molecule is C1CCC2C3NC(NC4NC(NC5NC(NC6NC(N3)C3CCCCC63)C3CCCCC53)C3CCCCC43)C2C1.[AlH3].[AlH3].[Cu]. The summed E-state index contributed by atoms with van der Waals surface area (Å²) < 4.78 is 0. The standard InChI is InChI=1S/C32H56N8.2Al.Cu.6H/c1-2-10-18-17(9-1)25-33-26(18)38-28-21-13-5-6-14-22(21)30(35-28)40-32-24-16-8-7-15-23(24)31(36-32)39-29-20-12-4-3-11-19(20)27(34-29)37-25;;;;;;;;;/h17-40H,1-16H2;;;;;;;;;. The molecule has 11 heteroatoms. The molecule has 43 heavy (non-hydrogen) atoms. The zero-order valence-electron chi connectivity index (χ0n) is 24.9. The molecule has 0 aromatic rings. The van der Waals surface area contributed by atoms with Gasteiger partial charge in [-0.25, -0.2) is 0 Å². The van der Waals surface area contributed by atoms with Crippen molar-refractivity contribution in [2.75, 3.05) is 0 Å². The van der Waals surface area contributed by atoms with Crippen molar-refractivity contribution in [2.24, 2.45) is 47.3 Å². The van der Waals surface area contributed by atoms with Gasteiger partial charge in [0.25, 0.3) is 0 Å². The molecule has 4 saturated carbocycles. The molecule has 5 saturated heterocycles. The molecule has 5 heterocycles. The van der Waals surface area contributed by atoms with Crippen molar-refractivity contribution in [1.82, 2.24) is 42.5 Å². The number of fused-ring (bicyclic) bond motifs is 20. The molecule has 0 aromatic heterocycles. The molecule has 8 N–H and O–H groups in total. The van der Waals surface area contributed by atoms with Crippen LogP contribution in [0.15, 0.2) is 0 Å². The molecule has 0 amide bonds. The second-order valence-corrected chi connectivity index (χ2v) is 15.6. The topological polar surface area (TPSA) is 96.2 Å². The average Bonchev–Trinajstić information content (AvgIpc) is 3.73. The molecule has 9 fully saturated rings. The minimum absolute atomic E-state index is 0. The van der Waals surface area contributed by atoms with Crippen molar-refractivity contribution in [2.45, 2.75) is 152 Å². The van der Waals surface area contributed by atoms with Crippen molar-refractivity contribution in [3.63, 3.8) is 0 Å². The first-order valence-electron chi connectivity index (χ1n) is 17.9. The number of nitrogens with one attached hydrogen (secondary N) is 8. The van der Waals surface area contributed by atoms with Gasteiger partial charge < -0.3 is 0 Å². The van der Waals surface area contributed by atoms with Crippen LogP contribution in [-0.2, 0) is 17.1 Å². The van der Waals surface area contributed by atoms with Gasteiger partial charge in [-0.05, 0) is 98.7 Å². The molecule has 1 radical (unpaired) electrons. The Kier molecular flexibility index (Phi) is 11.4. The van der Waals surface area contributed by atoms with Gasteiger partial charge in [-0.1, -0.05) is 51.4 Å².